The Morgan fingerprint density at radius 3 is 2.35 bits per heavy atom. The minimum absolute atomic E-state index is 0.105. The van der Waals surface area contributed by atoms with E-state index in [1.54, 1.807) is 18.3 Å². The Morgan fingerprint density at radius 1 is 1.10 bits per heavy atom. The quantitative estimate of drug-likeness (QED) is 0.834. The van der Waals surface area contributed by atoms with Gasteiger partial charge in [-0.2, -0.15) is 13.2 Å². The van der Waals surface area contributed by atoms with Crippen LogP contribution in [0.4, 0.5) is 18.9 Å². The first-order valence-electron chi connectivity index (χ1n) is 5.93. The first-order valence-corrected chi connectivity index (χ1v) is 6.75. The zero-order valence-corrected chi connectivity index (χ0v) is 11.6. The van der Waals surface area contributed by atoms with E-state index in [-0.39, 0.29) is 16.7 Å². The zero-order chi connectivity index (χ0) is 14.6. The molecule has 0 saturated carbocycles. The molecule has 0 saturated heterocycles. The number of hydrogen-bond donors (Lipinski definition) is 1. The second-order valence-corrected chi connectivity index (χ2v) is 5.37. The zero-order valence-electron chi connectivity index (χ0n) is 10.7. The lowest BCUT2D eigenvalue weighted by Gasteiger charge is -2.08. The fraction of sp³-hybridized carbons (Fsp3) is 0.214. The molecule has 2 aromatic rings. The number of aromatic nitrogens is 1. The molecule has 2 rings (SSSR count). The van der Waals surface area contributed by atoms with E-state index < -0.39 is 5.51 Å². The minimum Gasteiger partial charge on any atom is -0.380 e. The molecule has 0 spiro atoms. The van der Waals surface area contributed by atoms with E-state index in [9.17, 15) is 13.2 Å². The van der Waals surface area contributed by atoms with Crippen LogP contribution in [0, 0.1) is 6.92 Å². The van der Waals surface area contributed by atoms with Crippen molar-refractivity contribution in [3.8, 4) is 0 Å². The third-order valence-electron chi connectivity index (χ3n) is 2.56. The number of pyridine rings is 1. The van der Waals surface area contributed by atoms with Crippen LogP contribution >= 0.6 is 11.8 Å². The highest BCUT2D eigenvalue weighted by atomic mass is 32.2. The number of aryl methyl sites for hydroxylation is 1. The van der Waals surface area contributed by atoms with Gasteiger partial charge in [0.2, 0.25) is 0 Å². The molecule has 1 heterocycles. The monoisotopic (exact) mass is 298 g/mol. The van der Waals surface area contributed by atoms with Crippen molar-refractivity contribution in [1.29, 1.82) is 0 Å². The maximum Gasteiger partial charge on any atom is 0.446 e. The minimum atomic E-state index is -4.24. The van der Waals surface area contributed by atoms with Crippen LogP contribution in [0.3, 0.4) is 0 Å². The number of anilines is 1. The summed E-state index contributed by atoms with van der Waals surface area (Å²) in [4.78, 5) is 4.35. The van der Waals surface area contributed by atoms with Gasteiger partial charge in [-0.05, 0) is 48.5 Å². The lowest BCUT2D eigenvalue weighted by molar-refractivity contribution is -0.0328. The number of alkyl halides is 3. The highest BCUT2D eigenvalue weighted by molar-refractivity contribution is 8.00. The average Bonchev–Trinajstić information content (AvgIpc) is 2.38. The van der Waals surface area contributed by atoms with E-state index in [0.29, 0.717) is 6.54 Å². The Balaban J connectivity index is 1.92. The molecule has 0 aliphatic rings. The summed E-state index contributed by atoms with van der Waals surface area (Å²) in [5.41, 5.74) is -1.52. The van der Waals surface area contributed by atoms with Crippen molar-refractivity contribution in [3.05, 3.63) is 53.9 Å². The van der Waals surface area contributed by atoms with Crippen molar-refractivity contribution in [2.24, 2.45) is 0 Å². The largest absolute Gasteiger partial charge is 0.446 e. The number of rotatable bonds is 4. The summed E-state index contributed by atoms with van der Waals surface area (Å²) in [6, 6.07) is 10.1. The fourth-order valence-corrected chi connectivity index (χ4v) is 2.12. The Morgan fingerprint density at radius 2 is 1.80 bits per heavy atom. The molecule has 0 unspecified atom stereocenters. The molecule has 0 aliphatic carbocycles. The van der Waals surface area contributed by atoms with Gasteiger partial charge in [0.25, 0.3) is 0 Å². The molecule has 0 aliphatic heterocycles. The first-order chi connectivity index (χ1) is 9.42. The number of nitrogens with zero attached hydrogens (tertiary/aromatic N) is 1. The predicted octanol–water partition coefficient (Wildman–Crippen LogP) is 4.61. The van der Waals surface area contributed by atoms with Crippen LogP contribution in [0.5, 0.6) is 0 Å². The Hall–Kier alpha value is -1.69. The van der Waals surface area contributed by atoms with Gasteiger partial charge < -0.3 is 5.32 Å². The normalized spacial score (nSPS) is 11.4. The lowest BCUT2D eigenvalue weighted by Crippen LogP contribution is -2.01. The molecule has 0 atom stereocenters. The van der Waals surface area contributed by atoms with Crippen LogP contribution in [0.2, 0.25) is 0 Å². The maximum atomic E-state index is 12.2. The number of thioether (sulfide) groups is 1. The van der Waals surface area contributed by atoms with Crippen LogP contribution in [0.1, 0.15) is 11.3 Å². The van der Waals surface area contributed by atoms with Crippen LogP contribution in [-0.4, -0.2) is 10.5 Å². The molecule has 1 aromatic heterocycles. The predicted molar refractivity (Wildman–Crippen MR) is 74.7 cm³/mol. The van der Waals surface area contributed by atoms with Gasteiger partial charge in [-0.15, -0.1) is 0 Å². The van der Waals surface area contributed by atoms with Gasteiger partial charge in [0.05, 0.1) is 11.9 Å². The fourth-order valence-electron chi connectivity index (χ4n) is 1.59. The summed E-state index contributed by atoms with van der Waals surface area (Å²) in [6.07, 6.45) is 1.73. The van der Waals surface area contributed by atoms with Crippen LogP contribution in [0.15, 0.2) is 47.5 Å². The molecular weight excluding hydrogens is 285 g/mol. The van der Waals surface area contributed by atoms with Gasteiger partial charge in [-0.3, -0.25) is 4.98 Å². The van der Waals surface area contributed by atoms with E-state index in [1.807, 2.05) is 19.1 Å². The molecule has 106 valence electrons. The molecular formula is C14H13F3N2S. The van der Waals surface area contributed by atoms with Crippen molar-refractivity contribution in [2.45, 2.75) is 23.9 Å². The van der Waals surface area contributed by atoms with E-state index >= 15 is 0 Å². The number of hydrogen-bond acceptors (Lipinski definition) is 3. The number of halogens is 3. The van der Waals surface area contributed by atoms with Crippen LogP contribution in [-0.2, 0) is 6.54 Å². The van der Waals surface area contributed by atoms with Gasteiger partial charge in [0, 0.05) is 17.1 Å². The Kier molecular flexibility index (Phi) is 4.54. The second kappa shape index (κ2) is 6.17. The van der Waals surface area contributed by atoms with Crippen molar-refractivity contribution in [1.82, 2.24) is 4.98 Å². The van der Waals surface area contributed by atoms with Gasteiger partial charge >= 0.3 is 5.51 Å². The van der Waals surface area contributed by atoms with Crippen molar-refractivity contribution >= 4 is 17.4 Å². The van der Waals surface area contributed by atoms with Crippen LogP contribution in [0.25, 0.3) is 0 Å². The maximum absolute atomic E-state index is 12.2. The lowest BCUT2D eigenvalue weighted by atomic mass is 10.2. The summed E-state index contributed by atoms with van der Waals surface area (Å²) in [5.74, 6) is 0. The Bertz CT molecular complexity index is 550. The highest BCUT2D eigenvalue weighted by Gasteiger charge is 2.28. The van der Waals surface area contributed by atoms with Gasteiger partial charge in [-0.1, -0.05) is 12.1 Å². The van der Waals surface area contributed by atoms with E-state index in [2.05, 4.69) is 10.3 Å². The smallest absolute Gasteiger partial charge is 0.380 e. The van der Waals surface area contributed by atoms with Crippen molar-refractivity contribution in [2.75, 3.05) is 5.32 Å². The summed E-state index contributed by atoms with van der Waals surface area (Å²) < 4.78 is 36.6. The topological polar surface area (TPSA) is 24.9 Å². The first kappa shape index (κ1) is 14.7. The standard InChI is InChI=1S/C14H13F3N2S/c1-10-2-5-12(9-18-10)19-8-11-3-6-13(7-4-11)20-14(15,16)17/h2-7,9,19H,8H2,1H3. The van der Waals surface area contributed by atoms with Gasteiger partial charge in [-0.25, -0.2) is 0 Å². The third kappa shape index (κ3) is 4.77. The second-order valence-electron chi connectivity index (χ2n) is 4.23. The SMILES string of the molecule is Cc1ccc(NCc2ccc(SC(F)(F)F)cc2)cn1. The van der Waals surface area contributed by atoms with Crippen molar-refractivity contribution in [3.63, 3.8) is 0 Å². The summed E-state index contributed by atoms with van der Waals surface area (Å²) in [7, 11) is 0. The molecule has 0 amide bonds. The van der Waals surface area contributed by atoms with E-state index in [1.165, 1.54) is 12.1 Å². The molecule has 0 radical (unpaired) electrons. The molecule has 0 bridgehead atoms. The van der Waals surface area contributed by atoms with Crippen molar-refractivity contribution < 1.29 is 13.2 Å². The molecule has 6 heteroatoms. The Labute approximate surface area is 119 Å². The average molecular weight is 298 g/mol. The third-order valence-corrected chi connectivity index (χ3v) is 3.30. The molecule has 1 aromatic carbocycles. The number of benzene rings is 1. The molecule has 20 heavy (non-hydrogen) atoms. The van der Waals surface area contributed by atoms with Crippen LogP contribution < -0.4 is 5.32 Å². The van der Waals surface area contributed by atoms with E-state index in [4.69, 9.17) is 0 Å². The van der Waals surface area contributed by atoms with E-state index in [0.717, 1.165) is 16.9 Å². The molecule has 1 N–H and O–H groups in total. The summed E-state index contributed by atoms with van der Waals surface area (Å²) in [5, 5.41) is 3.16. The van der Waals surface area contributed by atoms with Gasteiger partial charge in [0.1, 0.15) is 0 Å². The van der Waals surface area contributed by atoms with Gasteiger partial charge in [0.15, 0.2) is 0 Å². The summed E-state index contributed by atoms with van der Waals surface area (Å²) >= 11 is -0.105. The number of nitrogens with one attached hydrogen (secondary N) is 1. The summed E-state index contributed by atoms with van der Waals surface area (Å²) in [6.45, 7) is 2.45. The molecule has 0 fully saturated rings. The highest BCUT2D eigenvalue weighted by Crippen LogP contribution is 2.36. The molecule has 2 nitrogen and oxygen atoms in total.